The van der Waals surface area contributed by atoms with Crippen molar-refractivity contribution < 1.29 is 8.81 Å². The van der Waals surface area contributed by atoms with Crippen LogP contribution in [0.5, 0.6) is 0 Å². The van der Waals surface area contributed by atoms with Gasteiger partial charge in [0.05, 0.1) is 0 Å². The van der Waals surface area contributed by atoms with E-state index in [0.717, 1.165) is 13.1 Å². The average Bonchev–Trinajstić information content (AvgIpc) is 2.43. The van der Waals surface area contributed by atoms with E-state index >= 15 is 0 Å². The van der Waals surface area contributed by atoms with Gasteiger partial charge in [0, 0.05) is 19.2 Å². The first kappa shape index (κ1) is 7.79. The minimum Gasteiger partial charge on any atom is -0.423 e. The molecule has 1 aromatic carbocycles. The van der Waals surface area contributed by atoms with Gasteiger partial charge in [-0.2, -0.15) is 4.98 Å². The lowest BCUT2D eigenvalue weighted by molar-refractivity contribution is 0.509. The van der Waals surface area contributed by atoms with E-state index < -0.39 is 0 Å². The molecule has 0 spiro atoms. The van der Waals surface area contributed by atoms with Crippen LogP contribution in [0.4, 0.5) is 10.4 Å². The summed E-state index contributed by atoms with van der Waals surface area (Å²) < 4.78 is 18.3. The summed E-state index contributed by atoms with van der Waals surface area (Å²) in [6.07, 6.45) is 1.17. The number of aromatic nitrogens is 1. The Morgan fingerprint density at radius 2 is 2.21 bits per heavy atom. The molecule has 0 unspecified atom stereocenters. The Morgan fingerprint density at radius 3 is 2.93 bits per heavy atom. The highest BCUT2D eigenvalue weighted by molar-refractivity contribution is 5.74. The van der Waals surface area contributed by atoms with Crippen LogP contribution in [0.1, 0.15) is 6.42 Å². The predicted molar refractivity (Wildman–Crippen MR) is 50.8 cm³/mol. The molecule has 72 valence electrons. The van der Waals surface area contributed by atoms with Crippen LogP contribution in [0.2, 0.25) is 0 Å². The lowest BCUT2D eigenvalue weighted by Crippen LogP contribution is -2.37. The SMILES string of the molecule is Fc1ccc2nc(N3CCC3)oc2c1. The van der Waals surface area contributed by atoms with Crippen LogP contribution < -0.4 is 4.90 Å². The summed E-state index contributed by atoms with van der Waals surface area (Å²) in [5.74, 6) is -0.288. The van der Waals surface area contributed by atoms with Gasteiger partial charge in [0.1, 0.15) is 11.3 Å². The van der Waals surface area contributed by atoms with E-state index in [9.17, 15) is 4.39 Å². The molecule has 1 fully saturated rings. The Bertz CT molecular complexity index is 476. The molecule has 0 amide bonds. The Morgan fingerprint density at radius 1 is 1.36 bits per heavy atom. The first-order valence-electron chi connectivity index (χ1n) is 4.64. The molecule has 0 aliphatic carbocycles. The van der Waals surface area contributed by atoms with E-state index in [1.807, 2.05) is 4.90 Å². The summed E-state index contributed by atoms with van der Waals surface area (Å²) in [7, 11) is 0. The minimum absolute atomic E-state index is 0.288. The molecule has 3 nitrogen and oxygen atoms in total. The van der Waals surface area contributed by atoms with Gasteiger partial charge in [0.15, 0.2) is 5.58 Å². The van der Waals surface area contributed by atoms with Crippen LogP contribution in [-0.4, -0.2) is 18.1 Å². The number of nitrogens with zero attached hydrogens (tertiary/aromatic N) is 2. The highest BCUT2D eigenvalue weighted by Gasteiger charge is 2.19. The summed E-state index contributed by atoms with van der Waals surface area (Å²) >= 11 is 0. The molecule has 1 aromatic heterocycles. The van der Waals surface area contributed by atoms with Crippen molar-refractivity contribution in [3.8, 4) is 0 Å². The maximum Gasteiger partial charge on any atom is 0.298 e. The fourth-order valence-corrected chi connectivity index (χ4v) is 1.53. The van der Waals surface area contributed by atoms with E-state index in [1.165, 1.54) is 18.6 Å². The lowest BCUT2D eigenvalue weighted by Gasteiger charge is -2.28. The molecular weight excluding hydrogens is 183 g/mol. The molecule has 14 heavy (non-hydrogen) atoms. The molecule has 1 aliphatic heterocycles. The number of oxazole rings is 1. The monoisotopic (exact) mass is 192 g/mol. The van der Waals surface area contributed by atoms with Gasteiger partial charge in [0.2, 0.25) is 0 Å². The fourth-order valence-electron chi connectivity index (χ4n) is 1.53. The zero-order chi connectivity index (χ0) is 9.54. The van der Waals surface area contributed by atoms with Gasteiger partial charge in [-0.25, -0.2) is 4.39 Å². The third-order valence-corrected chi connectivity index (χ3v) is 2.47. The topological polar surface area (TPSA) is 29.3 Å². The largest absolute Gasteiger partial charge is 0.423 e. The number of hydrogen-bond donors (Lipinski definition) is 0. The third kappa shape index (κ3) is 1.07. The van der Waals surface area contributed by atoms with Crippen molar-refractivity contribution in [1.82, 2.24) is 4.98 Å². The van der Waals surface area contributed by atoms with Crippen LogP contribution >= 0.6 is 0 Å². The van der Waals surface area contributed by atoms with Crippen LogP contribution in [-0.2, 0) is 0 Å². The molecule has 0 saturated carbocycles. The third-order valence-electron chi connectivity index (χ3n) is 2.47. The van der Waals surface area contributed by atoms with Gasteiger partial charge < -0.3 is 9.32 Å². The quantitative estimate of drug-likeness (QED) is 0.693. The standard InChI is InChI=1S/C10H9FN2O/c11-7-2-3-8-9(6-7)14-10(12-8)13-4-1-5-13/h2-3,6H,1,4-5H2. The van der Waals surface area contributed by atoms with Crippen LogP contribution in [0.25, 0.3) is 11.1 Å². The number of rotatable bonds is 1. The zero-order valence-corrected chi connectivity index (χ0v) is 7.53. The summed E-state index contributed by atoms with van der Waals surface area (Å²) in [4.78, 5) is 6.31. The van der Waals surface area contributed by atoms with Crippen molar-refractivity contribution in [2.75, 3.05) is 18.0 Å². The Kier molecular flexibility index (Phi) is 1.50. The van der Waals surface area contributed by atoms with E-state index in [2.05, 4.69) is 4.98 Å². The lowest BCUT2D eigenvalue weighted by atomic mass is 10.2. The summed E-state index contributed by atoms with van der Waals surface area (Å²) in [6, 6.07) is 5.00. The smallest absolute Gasteiger partial charge is 0.298 e. The van der Waals surface area contributed by atoms with Crippen molar-refractivity contribution in [3.05, 3.63) is 24.0 Å². The maximum absolute atomic E-state index is 12.8. The Labute approximate surface area is 80.1 Å². The molecule has 2 heterocycles. The second kappa shape index (κ2) is 2.70. The van der Waals surface area contributed by atoms with Crippen molar-refractivity contribution in [1.29, 1.82) is 0 Å². The van der Waals surface area contributed by atoms with Crippen LogP contribution in [0.3, 0.4) is 0 Å². The number of halogens is 1. The van der Waals surface area contributed by atoms with Crippen molar-refractivity contribution in [2.24, 2.45) is 0 Å². The maximum atomic E-state index is 12.8. The van der Waals surface area contributed by atoms with E-state index in [0.29, 0.717) is 17.1 Å². The van der Waals surface area contributed by atoms with Crippen LogP contribution in [0.15, 0.2) is 22.6 Å². The second-order valence-corrected chi connectivity index (χ2v) is 3.45. The molecular formula is C10H9FN2O. The normalized spacial score (nSPS) is 15.9. The summed E-state index contributed by atoms with van der Waals surface area (Å²) in [6.45, 7) is 1.96. The van der Waals surface area contributed by atoms with Gasteiger partial charge in [-0.1, -0.05) is 0 Å². The van der Waals surface area contributed by atoms with E-state index in [1.54, 1.807) is 6.07 Å². The first-order chi connectivity index (χ1) is 6.83. The molecule has 3 rings (SSSR count). The van der Waals surface area contributed by atoms with Gasteiger partial charge in [0.25, 0.3) is 6.01 Å². The second-order valence-electron chi connectivity index (χ2n) is 3.45. The molecule has 0 atom stereocenters. The Balaban J connectivity index is 2.10. The van der Waals surface area contributed by atoms with Crippen molar-refractivity contribution in [3.63, 3.8) is 0 Å². The average molecular weight is 192 g/mol. The minimum atomic E-state index is -0.288. The summed E-state index contributed by atoms with van der Waals surface area (Å²) in [5.41, 5.74) is 1.24. The molecule has 0 N–H and O–H groups in total. The number of hydrogen-bond acceptors (Lipinski definition) is 3. The van der Waals surface area contributed by atoms with E-state index in [-0.39, 0.29) is 5.82 Å². The van der Waals surface area contributed by atoms with E-state index in [4.69, 9.17) is 4.42 Å². The summed E-state index contributed by atoms with van der Waals surface area (Å²) in [5, 5.41) is 0. The molecule has 2 aromatic rings. The van der Waals surface area contributed by atoms with Crippen molar-refractivity contribution >= 4 is 17.1 Å². The fraction of sp³-hybridized carbons (Fsp3) is 0.300. The molecule has 1 aliphatic rings. The van der Waals surface area contributed by atoms with Crippen LogP contribution in [0, 0.1) is 5.82 Å². The highest BCUT2D eigenvalue weighted by atomic mass is 19.1. The van der Waals surface area contributed by atoms with Gasteiger partial charge in [-0.05, 0) is 18.6 Å². The number of anilines is 1. The van der Waals surface area contributed by atoms with Gasteiger partial charge in [-0.3, -0.25) is 0 Å². The molecule has 0 bridgehead atoms. The molecule has 1 saturated heterocycles. The van der Waals surface area contributed by atoms with Crippen molar-refractivity contribution in [2.45, 2.75) is 6.42 Å². The number of benzene rings is 1. The zero-order valence-electron chi connectivity index (χ0n) is 7.53. The highest BCUT2D eigenvalue weighted by Crippen LogP contribution is 2.25. The number of fused-ring (bicyclic) bond motifs is 1. The molecule has 4 heteroatoms. The van der Waals surface area contributed by atoms with Gasteiger partial charge >= 0.3 is 0 Å². The first-order valence-corrected chi connectivity index (χ1v) is 4.64. The predicted octanol–water partition coefficient (Wildman–Crippen LogP) is 2.18. The Hall–Kier alpha value is -1.58. The molecule has 0 radical (unpaired) electrons. The van der Waals surface area contributed by atoms with Gasteiger partial charge in [-0.15, -0.1) is 0 Å².